The van der Waals surface area contributed by atoms with Crippen LogP contribution in [0.5, 0.6) is 0 Å². The monoisotopic (exact) mass is 478 g/mol. The fourth-order valence-electron chi connectivity index (χ4n) is 5.42. The second kappa shape index (κ2) is 10.9. The standard InChI is InChI=1S/C37H34/c1-5-26(13-14-27-15-17-30(18-16-27)28(6-2)7-3)23-36-29(8-4)19-21-35-34(36)22-20-33-24-31-11-9-10-12-32(31)25-37(33)35/h5,9-12,15-25,28H,1,6-8H2,2-4H3/b26-23+. The van der Waals surface area contributed by atoms with E-state index in [-0.39, 0.29) is 0 Å². The third-order valence-electron chi connectivity index (χ3n) is 7.63. The van der Waals surface area contributed by atoms with Crippen molar-refractivity contribution >= 4 is 38.4 Å². The van der Waals surface area contributed by atoms with E-state index < -0.39 is 0 Å². The summed E-state index contributed by atoms with van der Waals surface area (Å²) in [5, 5.41) is 7.64. The first-order valence-corrected chi connectivity index (χ1v) is 13.5. The van der Waals surface area contributed by atoms with Gasteiger partial charge in [-0.05, 0) is 105 Å². The van der Waals surface area contributed by atoms with Gasteiger partial charge in [-0.1, -0.05) is 106 Å². The van der Waals surface area contributed by atoms with E-state index in [0.717, 1.165) is 17.6 Å². The van der Waals surface area contributed by atoms with Crippen LogP contribution in [0.2, 0.25) is 0 Å². The highest BCUT2D eigenvalue weighted by Crippen LogP contribution is 2.33. The first kappa shape index (κ1) is 24.6. The Morgan fingerprint density at radius 2 is 1.46 bits per heavy atom. The topological polar surface area (TPSA) is 0 Å². The molecule has 0 saturated carbocycles. The molecule has 182 valence electrons. The normalized spacial score (nSPS) is 11.7. The molecule has 0 radical (unpaired) electrons. The van der Waals surface area contributed by atoms with Gasteiger partial charge in [-0.25, -0.2) is 0 Å². The Morgan fingerprint density at radius 3 is 2.14 bits per heavy atom. The van der Waals surface area contributed by atoms with Gasteiger partial charge in [0.25, 0.3) is 0 Å². The molecule has 37 heavy (non-hydrogen) atoms. The van der Waals surface area contributed by atoms with Crippen LogP contribution in [0, 0.1) is 11.8 Å². The average molecular weight is 479 g/mol. The predicted molar refractivity (Wildman–Crippen MR) is 163 cm³/mol. The van der Waals surface area contributed by atoms with Gasteiger partial charge >= 0.3 is 0 Å². The number of rotatable bonds is 6. The van der Waals surface area contributed by atoms with E-state index in [1.165, 1.54) is 61.8 Å². The van der Waals surface area contributed by atoms with Crippen LogP contribution in [-0.2, 0) is 6.42 Å². The van der Waals surface area contributed by atoms with Crippen LogP contribution in [-0.4, -0.2) is 0 Å². The number of fused-ring (bicyclic) bond motifs is 4. The smallest absolute Gasteiger partial charge is 0.0249 e. The second-order valence-electron chi connectivity index (χ2n) is 9.76. The van der Waals surface area contributed by atoms with Crippen molar-refractivity contribution in [1.29, 1.82) is 0 Å². The van der Waals surface area contributed by atoms with Gasteiger partial charge in [-0.15, -0.1) is 0 Å². The van der Waals surface area contributed by atoms with Crippen LogP contribution in [0.3, 0.4) is 0 Å². The predicted octanol–water partition coefficient (Wildman–Crippen LogP) is 10.2. The molecule has 0 N–H and O–H groups in total. The van der Waals surface area contributed by atoms with Crippen LogP contribution in [0.1, 0.15) is 61.8 Å². The summed E-state index contributed by atoms with van der Waals surface area (Å²) in [6.45, 7) is 10.8. The van der Waals surface area contributed by atoms with Crippen molar-refractivity contribution in [2.24, 2.45) is 0 Å². The van der Waals surface area contributed by atoms with Crippen molar-refractivity contribution in [3.8, 4) is 11.8 Å². The maximum atomic E-state index is 4.08. The van der Waals surface area contributed by atoms with Crippen molar-refractivity contribution in [3.63, 3.8) is 0 Å². The first-order valence-electron chi connectivity index (χ1n) is 13.5. The first-order chi connectivity index (χ1) is 18.1. The number of hydrogen-bond donors (Lipinski definition) is 0. The molecule has 5 rings (SSSR count). The van der Waals surface area contributed by atoms with E-state index in [2.05, 4.69) is 130 Å². The lowest BCUT2D eigenvalue weighted by atomic mass is 9.91. The van der Waals surface area contributed by atoms with Crippen LogP contribution < -0.4 is 0 Å². The zero-order chi connectivity index (χ0) is 25.8. The van der Waals surface area contributed by atoms with Crippen LogP contribution in [0.4, 0.5) is 0 Å². The minimum atomic E-state index is 0.624. The summed E-state index contributed by atoms with van der Waals surface area (Å²) >= 11 is 0. The maximum Gasteiger partial charge on any atom is 0.0249 e. The number of allylic oxidation sites excluding steroid dienone is 2. The van der Waals surface area contributed by atoms with Gasteiger partial charge < -0.3 is 0 Å². The van der Waals surface area contributed by atoms with Gasteiger partial charge in [-0.2, -0.15) is 0 Å². The van der Waals surface area contributed by atoms with Gasteiger partial charge in [0.1, 0.15) is 0 Å². The molecular formula is C37H34. The van der Waals surface area contributed by atoms with Crippen LogP contribution >= 0.6 is 0 Å². The number of hydrogen-bond acceptors (Lipinski definition) is 0. The highest BCUT2D eigenvalue weighted by Gasteiger charge is 2.10. The van der Waals surface area contributed by atoms with Crippen LogP contribution in [0.15, 0.2) is 103 Å². The molecule has 5 aromatic carbocycles. The highest BCUT2D eigenvalue weighted by molar-refractivity contribution is 6.14. The van der Waals surface area contributed by atoms with E-state index >= 15 is 0 Å². The van der Waals surface area contributed by atoms with E-state index in [4.69, 9.17) is 0 Å². The molecule has 0 aromatic heterocycles. The van der Waals surface area contributed by atoms with Gasteiger partial charge in [0, 0.05) is 11.1 Å². The molecule has 0 saturated heterocycles. The van der Waals surface area contributed by atoms with Crippen molar-refractivity contribution in [2.45, 2.75) is 46.0 Å². The van der Waals surface area contributed by atoms with Gasteiger partial charge in [0.15, 0.2) is 0 Å². The lowest BCUT2D eigenvalue weighted by Crippen LogP contribution is -1.94. The Morgan fingerprint density at radius 1 is 0.757 bits per heavy atom. The Balaban J connectivity index is 1.59. The van der Waals surface area contributed by atoms with Crippen molar-refractivity contribution in [1.82, 2.24) is 0 Å². The summed E-state index contributed by atoms with van der Waals surface area (Å²) in [7, 11) is 0. The molecule has 0 heterocycles. The minimum Gasteiger partial charge on any atom is -0.0978 e. The molecule has 5 aromatic rings. The summed E-state index contributed by atoms with van der Waals surface area (Å²) in [5.41, 5.74) is 5.93. The molecule has 0 atom stereocenters. The van der Waals surface area contributed by atoms with E-state index in [1.807, 2.05) is 6.08 Å². The summed E-state index contributed by atoms with van der Waals surface area (Å²) in [6, 6.07) is 31.0. The Kier molecular flexibility index (Phi) is 7.25. The third kappa shape index (κ3) is 4.96. The Hall–Kier alpha value is -4.08. The molecule has 0 unspecified atom stereocenters. The summed E-state index contributed by atoms with van der Waals surface area (Å²) in [4.78, 5) is 0. The Labute approximate surface area is 221 Å². The van der Waals surface area contributed by atoms with Gasteiger partial charge in [-0.3, -0.25) is 0 Å². The number of benzene rings is 5. The largest absolute Gasteiger partial charge is 0.0978 e. The minimum absolute atomic E-state index is 0.624. The average Bonchev–Trinajstić information content (AvgIpc) is 2.95. The molecule has 0 aliphatic heterocycles. The summed E-state index contributed by atoms with van der Waals surface area (Å²) in [5.74, 6) is 7.37. The zero-order valence-corrected chi connectivity index (χ0v) is 22.1. The Bertz CT molecular complexity index is 1680. The molecule has 0 nitrogen and oxygen atoms in total. The second-order valence-corrected chi connectivity index (χ2v) is 9.76. The fourth-order valence-corrected chi connectivity index (χ4v) is 5.42. The lowest BCUT2D eigenvalue weighted by Gasteiger charge is -2.12. The highest BCUT2D eigenvalue weighted by atomic mass is 14.1. The molecule has 0 amide bonds. The summed E-state index contributed by atoms with van der Waals surface area (Å²) < 4.78 is 0. The third-order valence-corrected chi connectivity index (χ3v) is 7.63. The molecule has 0 heteroatoms. The lowest BCUT2D eigenvalue weighted by molar-refractivity contribution is 0.642. The zero-order valence-electron chi connectivity index (χ0n) is 22.1. The molecule has 0 aliphatic carbocycles. The van der Waals surface area contributed by atoms with Crippen molar-refractivity contribution in [3.05, 3.63) is 125 Å². The van der Waals surface area contributed by atoms with Crippen molar-refractivity contribution < 1.29 is 0 Å². The van der Waals surface area contributed by atoms with Crippen molar-refractivity contribution in [2.75, 3.05) is 0 Å². The molecule has 0 fully saturated rings. The van der Waals surface area contributed by atoms with Gasteiger partial charge in [0.05, 0.1) is 0 Å². The maximum absolute atomic E-state index is 4.08. The quantitative estimate of drug-likeness (QED) is 0.0985. The fraction of sp³-hybridized carbons (Fsp3) is 0.189. The van der Waals surface area contributed by atoms with Crippen LogP contribution in [0.25, 0.3) is 38.4 Å². The SMILES string of the molecule is C=C/C(C#Cc1ccc(C(CC)CC)cc1)=C\c1c(CC)ccc2c1ccc1cc3ccccc3cc12. The number of aryl methyl sites for hydroxylation is 1. The molecule has 0 aliphatic rings. The summed E-state index contributed by atoms with van der Waals surface area (Å²) in [6.07, 6.45) is 7.39. The molecule has 0 bridgehead atoms. The van der Waals surface area contributed by atoms with Gasteiger partial charge in [0.2, 0.25) is 0 Å². The van der Waals surface area contributed by atoms with E-state index in [0.29, 0.717) is 5.92 Å². The van der Waals surface area contributed by atoms with E-state index in [1.54, 1.807) is 0 Å². The van der Waals surface area contributed by atoms with E-state index in [9.17, 15) is 0 Å². The molecule has 0 spiro atoms. The molecular weight excluding hydrogens is 444 g/mol.